The number of nitrogens with two attached hydrogens (primary N) is 2. The first-order chi connectivity index (χ1) is 8.62. The lowest BCUT2D eigenvalue weighted by atomic mass is 10.1. The van der Waals surface area contributed by atoms with Crippen molar-refractivity contribution in [1.82, 2.24) is 0 Å². The van der Waals surface area contributed by atoms with Gasteiger partial charge in [-0.25, -0.2) is 0 Å². The van der Waals surface area contributed by atoms with Crippen LogP contribution in [0.5, 0.6) is 0 Å². The van der Waals surface area contributed by atoms with Crippen LogP contribution in [0.25, 0.3) is 0 Å². The first-order valence-corrected chi connectivity index (χ1v) is 6.86. The molecule has 4 N–H and O–H groups in total. The quantitative estimate of drug-likeness (QED) is 0.421. The topological polar surface area (TPSA) is 99.6 Å². The third-order valence-electron chi connectivity index (χ3n) is 1.68. The van der Waals surface area contributed by atoms with Crippen LogP contribution in [-0.4, -0.2) is 11.5 Å². The Morgan fingerprint density at radius 2 is 1.28 bits per heavy atom. The highest BCUT2D eigenvalue weighted by atomic mass is 32.2. The third-order valence-corrected chi connectivity index (χ3v) is 3.51. The van der Waals surface area contributed by atoms with E-state index in [4.69, 9.17) is 22.0 Å². The molecule has 0 heterocycles. The Kier molecular flexibility index (Phi) is 8.38. The fourth-order valence-electron chi connectivity index (χ4n) is 0.910. The fraction of sp³-hybridized carbons (Fsp3) is 0.167. The maximum atomic E-state index is 9.07. The van der Waals surface area contributed by atoms with Gasteiger partial charge in [0.2, 0.25) is 0 Å². The molecule has 0 saturated carbocycles. The van der Waals surface area contributed by atoms with Crippen molar-refractivity contribution in [2.24, 2.45) is 11.5 Å². The van der Waals surface area contributed by atoms with Crippen LogP contribution in [0.4, 0.5) is 0 Å². The molecule has 0 unspecified atom stereocenters. The summed E-state index contributed by atoms with van der Waals surface area (Å²) >= 11 is 2.48. The smallest absolute Gasteiger partial charge is 0.103 e. The molecule has 0 aliphatic heterocycles. The van der Waals surface area contributed by atoms with Gasteiger partial charge in [-0.15, -0.1) is 36.7 Å². The molecule has 4 nitrogen and oxygen atoms in total. The van der Waals surface area contributed by atoms with E-state index in [0.29, 0.717) is 11.5 Å². The van der Waals surface area contributed by atoms with E-state index in [1.165, 1.54) is 23.5 Å². The normalized spacial score (nSPS) is 12.6. The number of allylic oxidation sites excluding steroid dienone is 2. The number of thioether (sulfide) groups is 2. The molecule has 18 heavy (non-hydrogen) atoms. The molecular weight excluding hydrogens is 264 g/mol. The molecule has 0 aromatic rings. The van der Waals surface area contributed by atoms with Crippen molar-refractivity contribution < 1.29 is 0 Å². The van der Waals surface area contributed by atoms with Gasteiger partial charge in [0.25, 0.3) is 0 Å². The largest absolute Gasteiger partial charge is 0.392 e. The monoisotopic (exact) mass is 278 g/mol. The van der Waals surface area contributed by atoms with Gasteiger partial charge in [-0.2, -0.15) is 10.5 Å². The highest BCUT2D eigenvalue weighted by Gasteiger charge is 2.13. The molecule has 0 rings (SSSR count). The van der Waals surface area contributed by atoms with Gasteiger partial charge in [-0.1, -0.05) is 12.2 Å². The van der Waals surface area contributed by atoms with Gasteiger partial charge in [0.05, 0.1) is 10.1 Å². The number of hydrogen-bond acceptors (Lipinski definition) is 6. The second kappa shape index (κ2) is 9.29. The lowest BCUT2D eigenvalue weighted by molar-refractivity contribution is 1.35. The Bertz CT molecular complexity index is 419. The molecule has 0 fully saturated rings. The minimum Gasteiger partial charge on any atom is -0.392 e. The molecular formula is C12H14N4S2. The molecule has 0 aromatic carbocycles. The maximum Gasteiger partial charge on any atom is 0.103 e. The molecule has 0 spiro atoms. The number of nitriles is 2. The minimum absolute atomic E-state index is 0.110. The van der Waals surface area contributed by atoms with E-state index in [9.17, 15) is 0 Å². The van der Waals surface area contributed by atoms with Gasteiger partial charge in [-0.05, 0) is 0 Å². The molecule has 0 aliphatic rings. The molecule has 0 aromatic heterocycles. The molecule has 0 atom stereocenters. The average molecular weight is 278 g/mol. The lowest BCUT2D eigenvalue weighted by Gasteiger charge is -2.06. The lowest BCUT2D eigenvalue weighted by Crippen LogP contribution is -2.05. The highest BCUT2D eigenvalue weighted by Crippen LogP contribution is 2.25. The summed E-state index contributed by atoms with van der Waals surface area (Å²) in [5.74, 6) is 1.13. The second-order valence-corrected chi connectivity index (χ2v) is 5.03. The Balaban J connectivity index is 5.36. The van der Waals surface area contributed by atoms with Crippen LogP contribution in [0.15, 0.2) is 46.5 Å². The number of nitrogens with zero attached hydrogens (tertiary/aromatic N) is 2. The summed E-state index contributed by atoms with van der Waals surface area (Å²) in [6.07, 6.45) is 3.33. The van der Waals surface area contributed by atoms with Gasteiger partial charge in [0, 0.05) is 11.5 Å². The Labute approximate surface area is 116 Å². The summed E-state index contributed by atoms with van der Waals surface area (Å²) in [5, 5.41) is 18.7. The molecule has 6 heteroatoms. The van der Waals surface area contributed by atoms with E-state index in [-0.39, 0.29) is 21.2 Å². The Morgan fingerprint density at radius 3 is 1.50 bits per heavy atom. The van der Waals surface area contributed by atoms with E-state index >= 15 is 0 Å². The summed E-state index contributed by atoms with van der Waals surface area (Å²) in [4.78, 5) is 0. The van der Waals surface area contributed by atoms with Crippen molar-refractivity contribution in [3.05, 3.63) is 46.5 Å². The predicted molar refractivity (Wildman–Crippen MR) is 79.0 cm³/mol. The van der Waals surface area contributed by atoms with Gasteiger partial charge in [-0.3, -0.25) is 0 Å². The van der Waals surface area contributed by atoms with Gasteiger partial charge >= 0.3 is 0 Å². The summed E-state index contributed by atoms with van der Waals surface area (Å²) in [6, 6.07) is 3.84. The van der Waals surface area contributed by atoms with Crippen LogP contribution in [0.3, 0.4) is 0 Å². The fourth-order valence-corrected chi connectivity index (χ4v) is 2.09. The van der Waals surface area contributed by atoms with Crippen molar-refractivity contribution in [1.29, 1.82) is 10.5 Å². The first kappa shape index (κ1) is 16.2. The van der Waals surface area contributed by atoms with Crippen LogP contribution in [0.1, 0.15) is 0 Å². The van der Waals surface area contributed by atoms with Crippen LogP contribution in [0.2, 0.25) is 0 Å². The molecule has 0 amide bonds. The van der Waals surface area contributed by atoms with E-state index in [0.717, 1.165) is 0 Å². The van der Waals surface area contributed by atoms with Crippen molar-refractivity contribution in [2.45, 2.75) is 0 Å². The van der Waals surface area contributed by atoms with Gasteiger partial charge < -0.3 is 11.5 Å². The SMILES string of the molecule is C=CCS/C(N)=C(C#N)\C(C#N)=C(\N)SCC=C. The van der Waals surface area contributed by atoms with Crippen molar-refractivity contribution >= 4 is 23.5 Å². The number of hydrogen-bond donors (Lipinski definition) is 2. The van der Waals surface area contributed by atoms with E-state index in [2.05, 4.69) is 13.2 Å². The molecule has 0 aliphatic carbocycles. The standard InChI is InChI=1S/C12H14N4S2/c1-3-5-17-11(15)9(7-13)10(8-14)12(16)18-6-4-2/h3-4H,1-2,5-6,15-16H2/b11-9-,12-10-. The van der Waals surface area contributed by atoms with E-state index in [1.807, 2.05) is 12.1 Å². The zero-order valence-corrected chi connectivity index (χ0v) is 11.5. The zero-order chi connectivity index (χ0) is 14.0. The first-order valence-electron chi connectivity index (χ1n) is 4.89. The van der Waals surface area contributed by atoms with Crippen molar-refractivity contribution in [3.8, 4) is 12.1 Å². The van der Waals surface area contributed by atoms with Gasteiger partial charge in [0.15, 0.2) is 0 Å². The average Bonchev–Trinajstić information content (AvgIpc) is 2.39. The molecule has 0 saturated heterocycles. The molecule has 0 bridgehead atoms. The van der Waals surface area contributed by atoms with E-state index in [1.54, 1.807) is 12.2 Å². The Morgan fingerprint density at radius 1 is 0.944 bits per heavy atom. The van der Waals surface area contributed by atoms with Crippen molar-refractivity contribution in [3.63, 3.8) is 0 Å². The Hall–Kier alpha value is -1.76. The van der Waals surface area contributed by atoms with E-state index < -0.39 is 0 Å². The number of rotatable bonds is 7. The highest BCUT2D eigenvalue weighted by molar-refractivity contribution is 8.03. The molecule has 0 radical (unpaired) electrons. The predicted octanol–water partition coefficient (Wildman–Crippen LogP) is 2.21. The molecule has 94 valence electrons. The van der Waals surface area contributed by atoms with Crippen LogP contribution >= 0.6 is 23.5 Å². The van der Waals surface area contributed by atoms with Crippen molar-refractivity contribution in [2.75, 3.05) is 11.5 Å². The summed E-state index contributed by atoms with van der Waals surface area (Å²) in [5.41, 5.74) is 11.7. The van der Waals surface area contributed by atoms with Gasteiger partial charge in [0.1, 0.15) is 23.3 Å². The summed E-state index contributed by atoms with van der Waals surface area (Å²) < 4.78 is 0. The minimum atomic E-state index is 0.110. The second-order valence-electron chi connectivity index (χ2n) is 2.90. The maximum absolute atomic E-state index is 9.07. The third kappa shape index (κ3) is 5.05. The zero-order valence-electron chi connectivity index (χ0n) is 9.85. The van der Waals surface area contributed by atoms with Crippen LogP contribution < -0.4 is 11.5 Å². The summed E-state index contributed by atoms with van der Waals surface area (Å²) in [7, 11) is 0. The summed E-state index contributed by atoms with van der Waals surface area (Å²) in [6.45, 7) is 7.12. The van der Waals surface area contributed by atoms with Crippen LogP contribution in [-0.2, 0) is 0 Å². The van der Waals surface area contributed by atoms with Crippen LogP contribution in [0, 0.1) is 22.7 Å².